The third kappa shape index (κ3) is 3.17. The normalized spacial score (nSPS) is 15.8. The molecule has 2 rings (SSSR count). The molecule has 0 radical (unpaired) electrons. The Morgan fingerprint density at radius 1 is 1.12 bits per heavy atom. The van der Waals surface area contributed by atoms with E-state index in [0.29, 0.717) is 12.8 Å². The van der Waals surface area contributed by atoms with Crippen LogP contribution in [-0.2, 0) is 0 Å². The molecule has 1 fully saturated rings. The van der Waals surface area contributed by atoms with Gasteiger partial charge >= 0.3 is 0 Å². The molecular weight excluding hydrogens is 226 g/mol. The van der Waals surface area contributed by atoms with Crippen molar-refractivity contribution in [3.05, 3.63) is 35.4 Å². The quantitative estimate of drug-likeness (QED) is 0.812. The molecule has 1 heterocycles. The van der Waals surface area contributed by atoms with Gasteiger partial charge in [-0.2, -0.15) is 0 Å². The summed E-state index contributed by atoms with van der Waals surface area (Å²) in [6, 6.07) is 2.72. The van der Waals surface area contributed by atoms with Crippen molar-refractivity contribution in [2.24, 2.45) is 4.99 Å². The van der Waals surface area contributed by atoms with Gasteiger partial charge in [-0.25, -0.2) is 13.8 Å². The average Bonchev–Trinajstić information content (AvgIpc) is 2.29. The van der Waals surface area contributed by atoms with Crippen molar-refractivity contribution in [3.8, 4) is 0 Å². The van der Waals surface area contributed by atoms with Crippen LogP contribution in [0.5, 0.6) is 0 Å². The zero-order chi connectivity index (χ0) is 12.3. The Balaban J connectivity index is 2.18. The van der Waals surface area contributed by atoms with Crippen LogP contribution >= 0.6 is 0 Å². The number of halogens is 2. The number of nitrogens with one attached hydrogen (secondary N) is 1. The van der Waals surface area contributed by atoms with E-state index in [9.17, 15) is 13.6 Å². The van der Waals surface area contributed by atoms with Gasteiger partial charge < -0.3 is 5.32 Å². The zero-order valence-corrected chi connectivity index (χ0v) is 9.17. The monoisotopic (exact) mass is 238 g/mol. The van der Waals surface area contributed by atoms with Gasteiger partial charge in [0.25, 0.3) is 5.91 Å². The number of aliphatic imine (C=N–C) groups is 1. The summed E-state index contributed by atoms with van der Waals surface area (Å²) in [5.41, 5.74) is 0.729. The number of carbonyl (C=O) groups excluding carboxylic acids is 1. The maximum atomic E-state index is 12.9. The summed E-state index contributed by atoms with van der Waals surface area (Å²) < 4.78 is 25.8. The molecule has 1 aromatic rings. The van der Waals surface area contributed by atoms with Crippen molar-refractivity contribution in [3.63, 3.8) is 0 Å². The van der Waals surface area contributed by atoms with Crippen molar-refractivity contribution in [2.75, 3.05) is 13.1 Å². The second kappa shape index (κ2) is 5.14. The van der Waals surface area contributed by atoms with Gasteiger partial charge in [-0.3, -0.25) is 4.79 Å². The van der Waals surface area contributed by atoms with Gasteiger partial charge in [0.15, 0.2) is 0 Å². The molecule has 0 aromatic heterocycles. The van der Waals surface area contributed by atoms with Crippen LogP contribution in [0, 0.1) is 11.6 Å². The number of piperidine rings is 1. The Labute approximate surface area is 97.6 Å². The van der Waals surface area contributed by atoms with Crippen LogP contribution in [0.2, 0.25) is 0 Å². The summed E-state index contributed by atoms with van der Waals surface area (Å²) >= 11 is 0. The summed E-state index contributed by atoms with van der Waals surface area (Å²) in [5.74, 6) is -2.11. The van der Waals surface area contributed by atoms with Crippen molar-refractivity contribution in [1.29, 1.82) is 0 Å². The fourth-order valence-corrected chi connectivity index (χ4v) is 1.71. The first kappa shape index (κ1) is 11.9. The number of nitrogens with zero attached hydrogens (tertiary/aromatic N) is 1. The number of carbonyl (C=O) groups is 1. The molecule has 0 atom stereocenters. The Morgan fingerprint density at radius 2 is 1.71 bits per heavy atom. The number of amides is 1. The third-order valence-electron chi connectivity index (χ3n) is 2.55. The van der Waals surface area contributed by atoms with Crippen LogP contribution < -0.4 is 5.32 Å². The van der Waals surface area contributed by atoms with Crippen LogP contribution in [0.4, 0.5) is 8.78 Å². The van der Waals surface area contributed by atoms with E-state index in [-0.39, 0.29) is 5.56 Å². The highest BCUT2D eigenvalue weighted by atomic mass is 19.1. The summed E-state index contributed by atoms with van der Waals surface area (Å²) in [4.78, 5) is 15.6. The number of hydrogen-bond acceptors (Lipinski definition) is 2. The van der Waals surface area contributed by atoms with E-state index < -0.39 is 17.5 Å². The molecule has 1 amide bonds. The Hall–Kier alpha value is -1.62. The van der Waals surface area contributed by atoms with Crippen molar-refractivity contribution in [1.82, 2.24) is 5.32 Å². The lowest BCUT2D eigenvalue weighted by atomic mass is 10.1. The highest BCUT2D eigenvalue weighted by Gasteiger charge is 2.11. The second-order valence-electron chi connectivity index (χ2n) is 3.89. The molecule has 3 nitrogen and oxygen atoms in total. The van der Waals surface area contributed by atoms with Crippen LogP contribution in [0.15, 0.2) is 23.2 Å². The number of rotatable bonds is 1. The largest absolute Gasteiger partial charge is 0.316 e. The van der Waals surface area contributed by atoms with Crippen molar-refractivity contribution in [2.45, 2.75) is 12.8 Å². The lowest BCUT2D eigenvalue weighted by Crippen LogP contribution is -2.28. The van der Waals surface area contributed by atoms with Gasteiger partial charge in [0, 0.05) is 30.4 Å². The van der Waals surface area contributed by atoms with E-state index in [1.165, 1.54) is 0 Å². The predicted octanol–water partition coefficient (Wildman–Crippen LogP) is 1.93. The van der Waals surface area contributed by atoms with Gasteiger partial charge in [0.1, 0.15) is 11.6 Å². The second-order valence-corrected chi connectivity index (χ2v) is 3.89. The molecule has 17 heavy (non-hydrogen) atoms. The molecule has 0 bridgehead atoms. The lowest BCUT2D eigenvalue weighted by molar-refractivity contribution is 0.100. The maximum Gasteiger partial charge on any atom is 0.277 e. The molecule has 1 aliphatic heterocycles. The molecule has 1 N–H and O–H groups in total. The summed E-state index contributed by atoms with van der Waals surface area (Å²) in [5, 5.41) is 3.13. The van der Waals surface area contributed by atoms with E-state index in [0.717, 1.165) is 37.0 Å². The van der Waals surface area contributed by atoms with E-state index in [4.69, 9.17) is 0 Å². The van der Waals surface area contributed by atoms with E-state index in [1.54, 1.807) is 0 Å². The molecule has 0 aliphatic carbocycles. The third-order valence-corrected chi connectivity index (χ3v) is 2.55. The van der Waals surface area contributed by atoms with Crippen LogP contribution in [0.25, 0.3) is 0 Å². The summed E-state index contributed by atoms with van der Waals surface area (Å²) in [6.07, 6.45) is 1.40. The lowest BCUT2D eigenvalue weighted by Gasteiger charge is -2.13. The average molecular weight is 238 g/mol. The highest BCUT2D eigenvalue weighted by Crippen LogP contribution is 2.10. The molecule has 0 unspecified atom stereocenters. The minimum Gasteiger partial charge on any atom is -0.316 e. The Kier molecular flexibility index (Phi) is 3.58. The molecular formula is C12H12F2N2O. The summed E-state index contributed by atoms with van der Waals surface area (Å²) in [6.45, 7) is 1.56. The molecule has 0 spiro atoms. The fraction of sp³-hybridized carbons (Fsp3) is 0.333. The van der Waals surface area contributed by atoms with Crippen LogP contribution in [-0.4, -0.2) is 24.7 Å². The highest BCUT2D eigenvalue weighted by molar-refractivity contribution is 6.04. The minimum absolute atomic E-state index is 0.0477. The molecule has 1 saturated heterocycles. The van der Waals surface area contributed by atoms with Gasteiger partial charge in [-0.05, 0) is 25.0 Å². The predicted molar refractivity (Wildman–Crippen MR) is 60.2 cm³/mol. The van der Waals surface area contributed by atoms with E-state index in [2.05, 4.69) is 10.3 Å². The van der Waals surface area contributed by atoms with Crippen LogP contribution in [0.1, 0.15) is 23.2 Å². The van der Waals surface area contributed by atoms with Gasteiger partial charge in [-0.1, -0.05) is 0 Å². The Bertz CT molecular complexity index is 443. The Morgan fingerprint density at radius 3 is 2.29 bits per heavy atom. The maximum absolute atomic E-state index is 12.9. The standard InChI is InChI=1S/C12H12F2N2O/c13-9-5-8(6-10(14)7-9)12(17)16-11-1-3-15-4-2-11/h5-7,15H,1-4H2. The molecule has 5 heteroatoms. The van der Waals surface area contributed by atoms with Crippen LogP contribution in [0.3, 0.4) is 0 Å². The first-order chi connectivity index (χ1) is 8.15. The van der Waals surface area contributed by atoms with E-state index >= 15 is 0 Å². The van der Waals surface area contributed by atoms with Gasteiger partial charge in [0.05, 0.1) is 0 Å². The zero-order valence-electron chi connectivity index (χ0n) is 9.17. The van der Waals surface area contributed by atoms with Gasteiger partial charge in [0.2, 0.25) is 0 Å². The molecule has 1 aliphatic rings. The topological polar surface area (TPSA) is 41.5 Å². The number of benzene rings is 1. The molecule has 1 aromatic carbocycles. The molecule has 0 saturated carbocycles. The smallest absolute Gasteiger partial charge is 0.277 e. The first-order valence-electron chi connectivity index (χ1n) is 5.43. The minimum atomic E-state index is -0.765. The molecule has 90 valence electrons. The van der Waals surface area contributed by atoms with Crippen molar-refractivity contribution >= 4 is 11.6 Å². The van der Waals surface area contributed by atoms with E-state index in [1.807, 2.05) is 0 Å². The van der Waals surface area contributed by atoms with Crippen molar-refractivity contribution < 1.29 is 13.6 Å². The number of hydrogen-bond donors (Lipinski definition) is 1. The summed E-state index contributed by atoms with van der Waals surface area (Å²) in [7, 11) is 0. The fourth-order valence-electron chi connectivity index (χ4n) is 1.71. The van der Waals surface area contributed by atoms with Gasteiger partial charge in [-0.15, -0.1) is 0 Å². The SMILES string of the molecule is O=C(N=C1CCNCC1)c1cc(F)cc(F)c1. The first-order valence-corrected chi connectivity index (χ1v) is 5.43.